The smallest absolute Gasteiger partial charge is 0.279 e. The average Bonchev–Trinajstić information content (AvgIpc) is 2.67. The van der Waals surface area contributed by atoms with Crippen molar-refractivity contribution in [3.05, 3.63) is 35.4 Å². The average molecular weight is 221 g/mol. The van der Waals surface area contributed by atoms with Crippen molar-refractivity contribution >= 4 is 17.9 Å². The lowest BCUT2D eigenvalue weighted by atomic mass is 10.0. The lowest BCUT2D eigenvalue weighted by molar-refractivity contribution is 0.219. The number of rotatable bonds is 1. The minimum atomic E-state index is -0.113. The molecule has 1 fully saturated rings. The zero-order valence-corrected chi connectivity index (χ0v) is 9.71. The van der Waals surface area contributed by atoms with Crippen molar-refractivity contribution in [2.45, 2.75) is 25.8 Å². The van der Waals surface area contributed by atoms with Crippen LogP contribution in [0.5, 0.6) is 0 Å². The summed E-state index contributed by atoms with van der Waals surface area (Å²) in [6, 6.07) is 8.63. The third-order valence-corrected chi connectivity index (χ3v) is 3.22. The van der Waals surface area contributed by atoms with Gasteiger partial charge in [-0.1, -0.05) is 42.5 Å². The van der Waals surface area contributed by atoms with E-state index in [4.69, 9.17) is 0 Å². The molecular weight excluding hydrogens is 206 g/mol. The van der Waals surface area contributed by atoms with Gasteiger partial charge in [0.15, 0.2) is 0 Å². The first-order valence-electron chi connectivity index (χ1n) is 5.24. The molecule has 1 saturated heterocycles. The molecule has 15 heavy (non-hydrogen) atoms. The summed E-state index contributed by atoms with van der Waals surface area (Å²) in [5.41, 5.74) is 2.47. The summed E-state index contributed by atoms with van der Waals surface area (Å²) in [7, 11) is 0. The Kier molecular flexibility index (Phi) is 3.00. The molecule has 0 saturated carbocycles. The van der Waals surface area contributed by atoms with Gasteiger partial charge in [-0.25, -0.2) is 0 Å². The topological polar surface area (TPSA) is 20.3 Å². The molecule has 1 atom stereocenters. The summed E-state index contributed by atoms with van der Waals surface area (Å²) in [6.07, 6.45) is 2.13. The van der Waals surface area contributed by atoms with Gasteiger partial charge in [0.2, 0.25) is 0 Å². The van der Waals surface area contributed by atoms with Crippen LogP contribution in [-0.2, 0) is 0 Å². The highest BCUT2D eigenvalue weighted by atomic mass is 32.1. The first-order chi connectivity index (χ1) is 7.18. The lowest BCUT2D eigenvalue weighted by Crippen LogP contribution is -2.25. The first kappa shape index (κ1) is 10.6. The molecule has 1 heterocycles. The minimum absolute atomic E-state index is 0.113. The van der Waals surface area contributed by atoms with Gasteiger partial charge in [-0.2, -0.15) is 0 Å². The Bertz CT molecular complexity index is 360. The zero-order chi connectivity index (χ0) is 10.8. The molecule has 1 aliphatic rings. The maximum absolute atomic E-state index is 11.3. The van der Waals surface area contributed by atoms with Crippen LogP contribution in [0.2, 0.25) is 0 Å². The second kappa shape index (κ2) is 4.27. The number of amides is 1. The molecule has 80 valence electrons. The number of aryl methyl sites for hydroxylation is 1. The van der Waals surface area contributed by atoms with Gasteiger partial charge in [0.25, 0.3) is 5.24 Å². The molecule has 1 unspecified atom stereocenters. The number of likely N-dealkylation sites (tertiary alicyclic amines) is 1. The summed E-state index contributed by atoms with van der Waals surface area (Å²) in [6.45, 7) is 2.90. The van der Waals surface area contributed by atoms with Crippen LogP contribution in [0.15, 0.2) is 24.3 Å². The number of nitrogens with zero attached hydrogens (tertiary/aromatic N) is 1. The molecule has 0 spiro atoms. The van der Waals surface area contributed by atoms with E-state index < -0.39 is 0 Å². The van der Waals surface area contributed by atoms with E-state index in [1.165, 1.54) is 11.1 Å². The van der Waals surface area contributed by atoms with Gasteiger partial charge in [-0.05, 0) is 25.3 Å². The molecule has 0 bridgehead atoms. The highest BCUT2D eigenvalue weighted by Gasteiger charge is 2.27. The second-order valence-electron chi connectivity index (χ2n) is 4.04. The van der Waals surface area contributed by atoms with Crippen molar-refractivity contribution < 1.29 is 4.79 Å². The van der Waals surface area contributed by atoms with Crippen LogP contribution in [0.1, 0.15) is 30.0 Å². The van der Waals surface area contributed by atoms with Crippen molar-refractivity contribution in [1.29, 1.82) is 0 Å². The molecule has 0 aliphatic carbocycles. The summed E-state index contributed by atoms with van der Waals surface area (Å²) >= 11 is 3.91. The Balaban J connectivity index is 2.22. The fourth-order valence-corrected chi connectivity index (χ4v) is 2.37. The van der Waals surface area contributed by atoms with E-state index >= 15 is 0 Å². The van der Waals surface area contributed by atoms with Gasteiger partial charge in [0, 0.05) is 6.54 Å². The fraction of sp³-hybridized carbons (Fsp3) is 0.417. The number of thiol groups is 1. The molecular formula is C12H15NOS. The van der Waals surface area contributed by atoms with Crippen LogP contribution >= 0.6 is 12.6 Å². The van der Waals surface area contributed by atoms with Crippen LogP contribution in [0.25, 0.3) is 0 Å². The molecule has 1 aliphatic heterocycles. The van der Waals surface area contributed by atoms with E-state index in [2.05, 4.69) is 43.8 Å². The van der Waals surface area contributed by atoms with Gasteiger partial charge in [0.05, 0.1) is 6.04 Å². The van der Waals surface area contributed by atoms with Crippen molar-refractivity contribution in [1.82, 2.24) is 4.90 Å². The number of hydrogen-bond acceptors (Lipinski definition) is 1. The fourth-order valence-electron chi connectivity index (χ4n) is 2.13. The van der Waals surface area contributed by atoms with Gasteiger partial charge in [0.1, 0.15) is 0 Å². The first-order valence-corrected chi connectivity index (χ1v) is 5.69. The molecule has 2 rings (SSSR count). The normalized spacial score (nSPS) is 20.7. The van der Waals surface area contributed by atoms with Crippen LogP contribution in [-0.4, -0.2) is 16.7 Å². The Morgan fingerprint density at radius 2 is 2.07 bits per heavy atom. The number of carbonyl (C=O) groups is 1. The standard InChI is InChI=1S/C12H15NOS/c1-9-4-6-10(7-5-9)11-3-2-8-13(11)12(14)15/h4-7,11H,2-3,8H2,1H3,(H,14,15). The SMILES string of the molecule is Cc1ccc(C2CCCN2C(=O)S)cc1. The Morgan fingerprint density at radius 3 is 2.67 bits per heavy atom. The molecule has 0 N–H and O–H groups in total. The van der Waals surface area contributed by atoms with E-state index in [1.54, 1.807) is 0 Å². The number of benzene rings is 1. The lowest BCUT2D eigenvalue weighted by Gasteiger charge is -2.22. The maximum Gasteiger partial charge on any atom is 0.279 e. The Morgan fingerprint density at radius 1 is 1.40 bits per heavy atom. The van der Waals surface area contributed by atoms with Crippen LogP contribution in [0.4, 0.5) is 4.79 Å². The van der Waals surface area contributed by atoms with Crippen LogP contribution < -0.4 is 0 Å². The van der Waals surface area contributed by atoms with E-state index in [1.807, 2.05) is 4.90 Å². The number of carbonyl (C=O) groups excluding carboxylic acids is 1. The van der Waals surface area contributed by atoms with Crippen LogP contribution in [0, 0.1) is 6.92 Å². The quantitative estimate of drug-likeness (QED) is 0.722. The van der Waals surface area contributed by atoms with E-state index in [0.29, 0.717) is 0 Å². The zero-order valence-electron chi connectivity index (χ0n) is 8.81. The largest absolute Gasteiger partial charge is 0.327 e. The number of hydrogen-bond donors (Lipinski definition) is 1. The van der Waals surface area contributed by atoms with Gasteiger partial charge >= 0.3 is 0 Å². The van der Waals surface area contributed by atoms with Gasteiger partial charge < -0.3 is 4.90 Å². The molecule has 2 nitrogen and oxygen atoms in total. The third kappa shape index (κ3) is 2.17. The summed E-state index contributed by atoms with van der Waals surface area (Å²) < 4.78 is 0. The summed E-state index contributed by atoms with van der Waals surface area (Å²) in [5.74, 6) is 0. The highest BCUT2D eigenvalue weighted by Crippen LogP contribution is 2.32. The third-order valence-electron chi connectivity index (χ3n) is 2.96. The van der Waals surface area contributed by atoms with Crippen molar-refractivity contribution in [3.63, 3.8) is 0 Å². The summed E-state index contributed by atoms with van der Waals surface area (Å²) in [4.78, 5) is 13.1. The minimum Gasteiger partial charge on any atom is -0.327 e. The molecule has 0 radical (unpaired) electrons. The van der Waals surface area contributed by atoms with E-state index in [-0.39, 0.29) is 11.3 Å². The van der Waals surface area contributed by atoms with Gasteiger partial charge in [-0.15, -0.1) is 0 Å². The molecule has 1 aromatic rings. The molecule has 0 aromatic heterocycles. The van der Waals surface area contributed by atoms with Crippen molar-refractivity contribution in [2.75, 3.05) is 6.54 Å². The van der Waals surface area contributed by atoms with Crippen molar-refractivity contribution in [2.24, 2.45) is 0 Å². The van der Waals surface area contributed by atoms with Crippen molar-refractivity contribution in [3.8, 4) is 0 Å². The summed E-state index contributed by atoms with van der Waals surface area (Å²) in [5, 5.41) is -0.113. The maximum atomic E-state index is 11.3. The van der Waals surface area contributed by atoms with Gasteiger partial charge in [-0.3, -0.25) is 4.79 Å². The molecule has 3 heteroatoms. The molecule has 1 amide bonds. The van der Waals surface area contributed by atoms with Crippen LogP contribution in [0.3, 0.4) is 0 Å². The van der Waals surface area contributed by atoms with E-state index in [9.17, 15) is 4.79 Å². The predicted molar refractivity (Wildman–Crippen MR) is 64.2 cm³/mol. The molecule has 1 aromatic carbocycles. The second-order valence-corrected chi connectivity index (χ2v) is 4.43. The Labute approximate surface area is 95.7 Å². The predicted octanol–water partition coefficient (Wildman–Crippen LogP) is 3.18. The van der Waals surface area contributed by atoms with E-state index in [0.717, 1.165) is 19.4 Å². The Hall–Kier alpha value is -0.960. The monoisotopic (exact) mass is 221 g/mol. The highest BCUT2D eigenvalue weighted by molar-refractivity contribution is 7.96.